The Kier molecular flexibility index (Phi) is 4.52. The number of allylic oxidation sites excluding steroid dienone is 3. The number of nitro groups is 1. The van der Waals surface area contributed by atoms with Gasteiger partial charge >= 0.3 is 0 Å². The van der Waals surface area contributed by atoms with Crippen molar-refractivity contribution in [3.05, 3.63) is 58.2 Å². The van der Waals surface area contributed by atoms with Gasteiger partial charge in [0.15, 0.2) is 0 Å². The van der Waals surface area contributed by atoms with E-state index in [1.54, 1.807) is 18.2 Å². The summed E-state index contributed by atoms with van der Waals surface area (Å²) < 4.78 is 0. The molecule has 5 heteroatoms. The van der Waals surface area contributed by atoms with E-state index in [1.165, 1.54) is 6.07 Å². The molecule has 0 aliphatic heterocycles. The summed E-state index contributed by atoms with van der Waals surface area (Å²) in [5.74, 6) is 0.389. The monoisotopic (exact) mass is 285 g/mol. The van der Waals surface area contributed by atoms with Crippen LogP contribution in [0.5, 0.6) is 0 Å². The van der Waals surface area contributed by atoms with Crippen LogP contribution in [-0.4, -0.2) is 10.6 Å². The van der Waals surface area contributed by atoms with Crippen molar-refractivity contribution >= 4 is 17.1 Å². The van der Waals surface area contributed by atoms with Gasteiger partial charge in [0.05, 0.1) is 10.6 Å². The quantitative estimate of drug-likeness (QED) is 0.509. The average Bonchev–Trinajstić information content (AvgIpc) is 2.46. The van der Waals surface area contributed by atoms with E-state index < -0.39 is 4.92 Å². The van der Waals surface area contributed by atoms with Gasteiger partial charge in [-0.25, -0.2) is 0 Å². The highest BCUT2D eigenvalue weighted by molar-refractivity contribution is 6.01. The molecule has 0 fully saturated rings. The van der Waals surface area contributed by atoms with Crippen molar-refractivity contribution in [2.45, 2.75) is 26.7 Å². The first kappa shape index (κ1) is 15.0. The van der Waals surface area contributed by atoms with E-state index in [9.17, 15) is 10.1 Å². The van der Waals surface area contributed by atoms with Gasteiger partial charge in [0.2, 0.25) is 0 Å². The third-order valence-corrected chi connectivity index (χ3v) is 3.71. The lowest BCUT2D eigenvalue weighted by atomic mass is 9.85. The van der Waals surface area contributed by atoms with Gasteiger partial charge in [-0.2, -0.15) is 5.10 Å². The van der Waals surface area contributed by atoms with Crippen LogP contribution in [0.2, 0.25) is 0 Å². The van der Waals surface area contributed by atoms with E-state index in [0.29, 0.717) is 11.6 Å². The topological polar surface area (TPSA) is 67.5 Å². The van der Waals surface area contributed by atoms with Crippen LogP contribution in [-0.2, 0) is 0 Å². The van der Waals surface area contributed by atoms with Gasteiger partial charge in [0.25, 0.3) is 5.69 Å². The molecule has 0 radical (unpaired) electrons. The Hall–Kier alpha value is -2.43. The van der Waals surface area contributed by atoms with Crippen LogP contribution in [0.4, 0.5) is 11.4 Å². The van der Waals surface area contributed by atoms with Gasteiger partial charge in [-0.15, -0.1) is 0 Å². The Balaban J connectivity index is 2.21. The molecule has 110 valence electrons. The van der Waals surface area contributed by atoms with Gasteiger partial charge in [-0.05, 0) is 44.2 Å². The molecule has 1 aromatic carbocycles. The number of nitro benzene ring substituents is 1. The molecule has 5 nitrogen and oxygen atoms in total. The Bertz CT molecular complexity index is 632. The predicted octanol–water partition coefficient (Wildman–Crippen LogP) is 4.30. The molecule has 1 aromatic rings. The van der Waals surface area contributed by atoms with Crippen LogP contribution in [0.15, 0.2) is 53.2 Å². The van der Waals surface area contributed by atoms with Gasteiger partial charge in [-0.1, -0.05) is 30.4 Å². The summed E-state index contributed by atoms with van der Waals surface area (Å²) in [6, 6.07) is 6.50. The zero-order valence-corrected chi connectivity index (χ0v) is 12.3. The number of hydrogen-bond acceptors (Lipinski definition) is 4. The third kappa shape index (κ3) is 3.56. The summed E-state index contributed by atoms with van der Waals surface area (Å²) in [4.78, 5) is 10.6. The molecule has 0 aromatic heterocycles. The number of anilines is 1. The highest BCUT2D eigenvalue weighted by atomic mass is 16.6. The van der Waals surface area contributed by atoms with Gasteiger partial charge < -0.3 is 0 Å². The van der Waals surface area contributed by atoms with Crippen LogP contribution in [0.25, 0.3) is 0 Å². The van der Waals surface area contributed by atoms with Crippen LogP contribution in [0, 0.1) is 16.0 Å². The Morgan fingerprint density at radius 3 is 2.86 bits per heavy atom. The smallest absolute Gasteiger partial charge is 0.271 e. The second-order valence-electron chi connectivity index (χ2n) is 5.31. The molecule has 0 spiro atoms. The number of hydrazone groups is 1. The molecule has 1 N–H and O–H groups in total. The van der Waals surface area contributed by atoms with E-state index >= 15 is 0 Å². The average molecular weight is 285 g/mol. The molecule has 0 amide bonds. The molecule has 2 rings (SSSR count). The minimum Gasteiger partial charge on any atom is -0.271 e. The van der Waals surface area contributed by atoms with E-state index in [4.69, 9.17) is 0 Å². The highest BCUT2D eigenvalue weighted by Gasteiger charge is 2.19. The van der Waals surface area contributed by atoms with Crippen molar-refractivity contribution in [2.75, 3.05) is 5.43 Å². The number of rotatable bonds is 4. The molecule has 1 aliphatic carbocycles. The lowest BCUT2D eigenvalue weighted by molar-refractivity contribution is -0.384. The van der Waals surface area contributed by atoms with Gasteiger partial charge in [-0.3, -0.25) is 15.5 Å². The first-order valence-electron chi connectivity index (χ1n) is 6.87. The van der Waals surface area contributed by atoms with Crippen molar-refractivity contribution in [1.29, 1.82) is 0 Å². The summed E-state index contributed by atoms with van der Waals surface area (Å²) in [5, 5.41) is 15.3. The molecule has 1 aliphatic rings. The fourth-order valence-corrected chi connectivity index (χ4v) is 2.28. The van der Waals surface area contributed by atoms with Crippen LogP contribution >= 0.6 is 0 Å². The van der Waals surface area contributed by atoms with E-state index in [1.807, 2.05) is 13.8 Å². The highest BCUT2D eigenvalue weighted by Crippen LogP contribution is 2.28. The summed E-state index contributed by atoms with van der Waals surface area (Å²) >= 11 is 0. The van der Waals surface area contributed by atoms with Crippen molar-refractivity contribution in [3.8, 4) is 0 Å². The number of para-hydroxylation sites is 2. The minimum atomic E-state index is -0.414. The SMILES string of the molecule is C=C(C)C1CC=C(C)/C(=N\Nc2ccccc2[N+](=O)[O-])C1. The van der Waals surface area contributed by atoms with Crippen LogP contribution in [0.1, 0.15) is 26.7 Å². The second kappa shape index (κ2) is 6.35. The summed E-state index contributed by atoms with van der Waals surface area (Å²) in [5.41, 5.74) is 6.43. The van der Waals surface area contributed by atoms with Gasteiger partial charge in [0, 0.05) is 6.07 Å². The standard InChI is InChI=1S/C16H19N3O2/c1-11(2)13-9-8-12(3)15(10-13)18-17-14-6-4-5-7-16(14)19(20)21/h4-8,13,17H,1,9-10H2,2-3H3/b18-15-. The van der Waals surface area contributed by atoms with Crippen molar-refractivity contribution < 1.29 is 4.92 Å². The molecule has 0 bridgehead atoms. The zero-order valence-electron chi connectivity index (χ0n) is 12.3. The normalized spacial score (nSPS) is 20.0. The molecular formula is C16H19N3O2. The number of nitrogens with zero attached hydrogens (tertiary/aromatic N) is 2. The molecular weight excluding hydrogens is 266 g/mol. The summed E-state index contributed by atoms with van der Waals surface area (Å²) in [7, 11) is 0. The molecule has 0 heterocycles. The van der Waals surface area contributed by atoms with E-state index in [-0.39, 0.29) is 5.69 Å². The van der Waals surface area contributed by atoms with Crippen LogP contribution < -0.4 is 5.43 Å². The maximum atomic E-state index is 11.0. The van der Waals surface area contributed by atoms with Gasteiger partial charge in [0.1, 0.15) is 5.69 Å². The molecule has 0 saturated heterocycles. The third-order valence-electron chi connectivity index (χ3n) is 3.71. The maximum Gasteiger partial charge on any atom is 0.294 e. The van der Waals surface area contributed by atoms with Crippen LogP contribution in [0.3, 0.4) is 0 Å². The largest absolute Gasteiger partial charge is 0.294 e. The number of hydrogen-bond donors (Lipinski definition) is 1. The maximum absolute atomic E-state index is 11.0. The molecule has 1 unspecified atom stereocenters. The van der Waals surface area contributed by atoms with Crippen molar-refractivity contribution in [2.24, 2.45) is 11.0 Å². The summed E-state index contributed by atoms with van der Waals surface area (Å²) in [6.45, 7) is 8.03. The first-order chi connectivity index (χ1) is 9.99. The molecule has 21 heavy (non-hydrogen) atoms. The molecule has 1 atom stereocenters. The van der Waals surface area contributed by atoms with Crippen molar-refractivity contribution in [3.63, 3.8) is 0 Å². The Labute approximate surface area is 124 Å². The zero-order chi connectivity index (χ0) is 15.4. The van der Waals surface area contributed by atoms with Crippen molar-refractivity contribution in [1.82, 2.24) is 0 Å². The van der Waals surface area contributed by atoms with E-state index in [0.717, 1.165) is 29.7 Å². The summed E-state index contributed by atoms with van der Waals surface area (Å²) in [6.07, 6.45) is 3.93. The fourth-order valence-electron chi connectivity index (χ4n) is 2.28. The Morgan fingerprint density at radius 2 is 2.19 bits per heavy atom. The predicted molar refractivity (Wildman–Crippen MR) is 85.4 cm³/mol. The Morgan fingerprint density at radius 1 is 1.48 bits per heavy atom. The minimum absolute atomic E-state index is 0.0238. The first-order valence-corrected chi connectivity index (χ1v) is 6.87. The molecule has 0 saturated carbocycles. The van der Waals surface area contributed by atoms with E-state index in [2.05, 4.69) is 23.2 Å². The fraction of sp³-hybridized carbons (Fsp3) is 0.312. The lowest BCUT2D eigenvalue weighted by Gasteiger charge is -2.22. The number of benzene rings is 1. The number of nitrogens with one attached hydrogen (secondary N) is 1. The second-order valence-corrected chi connectivity index (χ2v) is 5.31. The lowest BCUT2D eigenvalue weighted by Crippen LogP contribution is -2.16.